The number of hydrogen-bond donors (Lipinski definition) is 0. The van der Waals surface area contributed by atoms with Crippen molar-refractivity contribution in [1.82, 2.24) is 0 Å². The Hall–Kier alpha value is -1.96. The standard InChI is InChI=1S/C38H37Si.2ClH.Zr/c1-37(2,3)27-21-22-30-26(23-27)24-31-32(25-15-13-14-16-25)34(38(4,5)6)36-35(33(30)31)39(36,28-17-9-7-10-18-28)29-19-11-8-12-20-29;;;/h7-15,17-24H,16H2,1-6H3;2*1H;/q;;;+2/p-2. The van der Waals surface area contributed by atoms with E-state index in [0.717, 1.165) is 6.42 Å². The minimum absolute atomic E-state index is 0. The fourth-order valence-electron chi connectivity index (χ4n) is 7.48. The molecule has 1 aliphatic heterocycles. The first-order valence-corrected chi connectivity index (χ1v) is 18.1. The minimum atomic E-state index is -2.32. The maximum Gasteiger partial charge on any atom is -1.00 e. The molecule has 3 aliphatic rings. The van der Waals surface area contributed by atoms with Gasteiger partial charge >= 0.3 is 258 Å². The molecule has 0 amide bonds. The molecule has 0 spiro atoms. The Morgan fingerprint density at radius 1 is 0.714 bits per heavy atom. The fourth-order valence-corrected chi connectivity index (χ4v) is 14.4. The molecule has 4 heteroatoms. The van der Waals surface area contributed by atoms with Gasteiger partial charge in [0.1, 0.15) is 0 Å². The van der Waals surface area contributed by atoms with Gasteiger partial charge in [-0.1, -0.05) is 0 Å². The van der Waals surface area contributed by atoms with E-state index in [4.69, 9.17) is 0 Å². The van der Waals surface area contributed by atoms with Gasteiger partial charge in [-0.2, -0.15) is 0 Å². The summed E-state index contributed by atoms with van der Waals surface area (Å²) < 4.78 is 0.459. The summed E-state index contributed by atoms with van der Waals surface area (Å²) in [5.74, 6) is 0. The molecule has 0 N–H and O–H groups in total. The van der Waals surface area contributed by atoms with Crippen molar-refractivity contribution in [3.8, 4) is 11.1 Å². The molecule has 4 aromatic rings. The van der Waals surface area contributed by atoms with Gasteiger partial charge in [0.2, 0.25) is 0 Å². The van der Waals surface area contributed by atoms with Crippen LogP contribution in [0.4, 0.5) is 0 Å². The van der Waals surface area contributed by atoms with Crippen LogP contribution in [0.25, 0.3) is 16.7 Å². The van der Waals surface area contributed by atoms with Gasteiger partial charge in [-0.3, -0.25) is 0 Å². The second kappa shape index (κ2) is 10.9. The molecule has 0 saturated carbocycles. The van der Waals surface area contributed by atoms with Crippen molar-refractivity contribution in [2.24, 2.45) is 0 Å². The van der Waals surface area contributed by atoms with E-state index in [1.807, 2.05) is 0 Å². The third-order valence-electron chi connectivity index (χ3n) is 9.27. The summed E-state index contributed by atoms with van der Waals surface area (Å²) in [5, 5.41) is 6.43. The third-order valence-corrected chi connectivity index (χ3v) is 15.4. The smallest absolute Gasteiger partial charge is 1.00 e. The van der Waals surface area contributed by atoms with Crippen LogP contribution in [0.1, 0.15) is 79.4 Å². The van der Waals surface area contributed by atoms with E-state index in [9.17, 15) is 0 Å². The zero-order valence-corrected chi connectivity index (χ0v) is 30.2. The van der Waals surface area contributed by atoms with Gasteiger partial charge in [0, 0.05) is 0 Å². The first kappa shape index (κ1) is 31.5. The van der Waals surface area contributed by atoms with Crippen molar-refractivity contribution in [1.29, 1.82) is 0 Å². The van der Waals surface area contributed by atoms with E-state index in [1.165, 1.54) is 27.1 Å². The minimum Gasteiger partial charge on any atom is -1.00 e. The fraction of sp³-hybridized carbons (Fsp3) is 0.263. The molecule has 0 nitrogen and oxygen atoms in total. The van der Waals surface area contributed by atoms with E-state index in [0.29, 0.717) is 3.63 Å². The molecule has 1 heterocycles. The quantitative estimate of drug-likeness (QED) is 0.249. The Morgan fingerprint density at radius 2 is 1.31 bits per heavy atom. The molecule has 0 aromatic heterocycles. The number of rotatable bonds is 3. The van der Waals surface area contributed by atoms with Crippen molar-refractivity contribution in [2.45, 2.75) is 62.4 Å². The van der Waals surface area contributed by atoms with Gasteiger partial charge in [0.05, 0.1) is 0 Å². The molecule has 0 fully saturated rings. The number of benzene rings is 4. The SMILES string of the molecule is CC(C)(C)c1ccc2c(c1)[CH]([Zr+2])c1c(C3=CC=CC3)c(C(C)(C)C)c3c(c1-2)[Si]3(c1ccccc1)c1ccccc1.[Cl-].[Cl-]. The van der Waals surface area contributed by atoms with Crippen LogP contribution in [0.2, 0.25) is 0 Å². The number of fused-ring (bicyclic) bond motifs is 5. The topological polar surface area (TPSA) is 0 Å². The predicted molar refractivity (Wildman–Crippen MR) is 170 cm³/mol. The molecule has 7 rings (SSSR count). The van der Waals surface area contributed by atoms with Gasteiger partial charge in [0.15, 0.2) is 0 Å². The second-order valence-corrected chi connectivity index (χ2v) is 18.9. The third kappa shape index (κ3) is 4.47. The molecular weight excluding hydrogens is 647 g/mol. The van der Waals surface area contributed by atoms with Gasteiger partial charge in [-0.25, -0.2) is 0 Å². The average molecular weight is 684 g/mol. The first-order chi connectivity index (χ1) is 19.1. The van der Waals surface area contributed by atoms with Crippen LogP contribution in [0.3, 0.4) is 0 Å². The van der Waals surface area contributed by atoms with Crippen molar-refractivity contribution >= 4 is 34.4 Å². The normalized spacial score (nSPS) is 17.4. The van der Waals surface area contributed by atoms with Crippen LogP contribution in [0, 0.1) is 0 Å². The van der Waals surface area contributed by atoms with E-state index in [2.05, 4.69) is 139 Å². The van der Waals surface area contributed by atoms with Crippen LogP contribution in [-0.2, 0) is 35.5 Å². The molecule has 4 aromatic carbocycles. The number of allylic oxidation sites excluding steroid dienone is 4. The van der Waals surface area contributed by atoms with Crippen LogP contribution in [0.15, 0.2) is 97.1 Å². The summed E-state index contributed by atoms with van der Waals surface area (Å²) in [6.07, 6.45) is 8.05. The Balaban J connectivity index is 0.00000176. The summed E-state index contributed by atoms with van der Waals surface area (Å²) in [5.41, 5.74) is 12.6. The molecule has 42 heavy (non-hydrogen) atoms. The van der Waals surface area contributed by atoms with E-state index >= 15 is 0 Å². The molecule has 2 aliphatic carbocycles. The molecule has 0 bridgehead atoms. The van der Waals surface area contributed by atoms with Crippen molar-refractivity contribution < 1.29 is 49.5 Å². The first-order valence-electron chi connectivity index (χ1n) is 14.6. The predicted octanol–water partition coefficient (Wildman–Crippen LogP) is 0.940. The van der Waals surface area contributed by atoms with Crippen LogP contribution >= 0.6 is 0 Å². The van der Waals surface area contributed by atoms with Crippen molar-refractivity contribution in [3.63, 3.8) is 0 Å². The largest absolute Gasteiger partial charge is 1.00 e. The number of halogens is 2. The van der Waals surface area contributed by atoms with Crippen molar-refractivity contribution in [3.05, 3.63) is 125 Å². The summed E-state index contributed by atoms with van der Waals surface area (Å²) in [6.45, 7) is 14.4. The molecule has 211 valence electrons. The summed E-state index contributed by atoms with van der Waals surface area (Å²) in [6, 6.07) is 30.5. The van der Waals surface area contributed by atoms with Crippen LogP contribution in [0.5, 0.6) is 0 Å². The van der Waals surface area contributed by atoms with Crippen LogP contribution < -0.4 is 45.6 Å². The maximum absolute atomic E-state index is 2.56. The summed E-state index contributed by atoms with van der Waals surface area (Å²) in [4.78, 5) is 0. The summed E-state index contributed by atoms with van der Waals surface area (Å²) >= 11 is 1.59. The molecule has 0 radical (unpaired) electrons. The monoisotopic (exact) mass is 681 g/mol. The Morgan fingerprint density at radius 3 is 1.81 bits per heavy atom. The molecule has 1 atom stereocenters. The van der Waals surface area contributed by atoms with E-state index in [-0.39, 0.29) is 35.6 Å². The van der Waals surface area contributed by atoms with E-state index in [1.54, 1.807) is 62.9 Å². The average Bonchev–Trinajstić information content (AvgIpc) is 3.20. The number of hydrogen-bond acceptors (Lipinski definition) is 0. The molecule has 1 unspecified atom stereocenters. The Labute approximate surface area is 280 Å². The van der Waals surface area contributed by atoms with Gasteiger partial charge in [0.25, 0.3) is 0 Å². The van der Waals surface area contributed by atoms with Crippen molar-refractivity contribution in [2.75, 3.05) is 0 Å². The van der Waals surface area contributed by atoms with Gasteiger partial charge in [-0.15, -0.1) is 0 Å². The van der Waals surface area contributed by atoms with Crippen LogP contribution in [-0.4, -0.2) is 8.07 Å². The zero-order valence-electron chi connectivity index (χ0n) is 25.3. The second-order valence-electron chi connectivity index (χ2n) is 13.8. The van der Waals surface area contributed by atoms with Gasteiger partial charge < -0.3 is 24.8 Å². The van der Waals surface area contributed by atoms with Gasteiger partial charge in [-0.05, 0) is 0 Å². The maximum atomic E-state index is 2.56. The Kier molecular flexibility index (Phi) is 8.15. The summed E-state index contributed by atoms with van der Waals surface area (Å²) in [7, 11) is -2.32. The van der Waals surface area contributed by atoms with E-state index < -0.39 is 8.07 Å². The molecular formula is C38H37Cl2SiZr. The zero-order chi connectivity index (χ0) is 28.0. The molecule has 0 saturated heterocycles. The Bertz CT molecular complexity index is 1700.